The number of carbonyl (C=O) groups excluding carboxylic acids is 2. The summed E-state index contributed by atoms with van der Waals surface area (Å²) < 4.78 is 35.6. The normalized spacial score (nSPS) is 19.7. The highest BCUT2D eigenvalue weighted by Crippen LogP contribution is 2.17. The van der Waals surface area contributed by atoms with Crippen molar-refractivity contribution in [1.29, 1.82) is 0 Å². The number of nitrogens with zero attached hydrogens (tertiary/aromatic N) is 1. The minimum atomic E-state index is -5.06. The van der Waals surface area contributed by atoms with Crippen molar-refractivity contribution in [3.63, 3.8) is 0 Å². The Labute approximate surface area is 99.7 Å². The number of amides is 2. The summed E-state index contributed by atoms with van der Waals surface area (Å²) in [6.45, 7) is -0.695. The highest BCUT2D eigenvalue weighted by Gasteiger charge is 2.39. The minimum Gasteiger partial charge on any atom is -0.480 e. The molecule has 1 heterocycles. The Morgan fingerprint density at radius 3 is 2.44 bits per heavy atom. The highest BCUT2D eigenvalue weighted by molar-refractivity contribution is 5.89. The van der Waals surface area contributed by atoms with Gasteiger partial charge in [0.2, 0.25) is 5.91 Å². The molecule has 1 fully saturated rings. The number of aliphatic carboxylic acids is 1. The van der Waals surface area contributed by atoms with E-state index in [1.165, 1.54) is 5.32 Å². The summed E-state index contributed by atoms with van der Waals surface area (Å²) in [7, 11) is 0. The predicted octanol–water partition coefficient (Wildman–Crippen LogP) is -0.260. The van der Waals surface area contributed by atoms with Gasteiger partial charge < -0.3 is 15.3 Å². The first-order valence-corrected chi connectivity index (χ1v) is 5.10. The quantitative estimate of drug-likeness (QED) is 0.738. The third kappa shape index (κ3) is 3.34. The highest BCUT2D eigenvalue weighted by atomic mass is 19.4. The topological polar surface area (TPSA) is 86.7 Å². The van der Waals surface area contributed by atoms with Crippen LogP contribution in [0.25, 0.3) is 0 Å². The lowest BCUT2D eigenvalue weighted by molar-refractivity contribution is -0.174. The minimum absolute atomic E-state index is 0.164. The summed E-state index contributed by atoms with van der Waals surface area (Å²) in [4.78, 5) is 33.7. The summed E-state index contributed by atoms with van der Waals surface area (Å²) >= 11 is 0. The number of rotatable bonds is 3. The Kier molecular flexibility index (Phi) is 4.15. The molecule has 0 aromatic rings. The summed E-state index contributed by atoms with van der Waals surface area (Å²) in [5, 5.41) is 10.2. The molecule has 1 aliphatic heterocycles. The molecule has 6 nitrogen and oxygen atoms in total. The van der Waals surface area contributed by atoms with Crippen molar-refractivity contribution in [2.45, 2.75) is 25.1 Å². The molecule has 102 valence electrons. The molecule has 0 bridgehead atoms. The first-order chi connectivity index (χ1) is 8.23. The second kappa shape index (κ2) is 5.23. The molecule has 1 unspecified atom stereocenters. The van der Waals surface area contributed by atoms with Crippen LogP contribution in [0, 0.1) is 0 Å². The number of carbonyl (C=O) groups is 3. The Balaban J connectivity index is 2.51. The van der Waals surface area contributed by atoms with Crippen LogP contribution >= 0.6 is 0 Å². The summed E-state index contributed by atoms with van der Waals surface area (Å²) in [6, 6.07) is -1.03. The second-order valence-electron chi connectivity index (χ2n) is 3.76. The second-order valence-corrected chi connectivity index (χ2v) is 3.76. The number of likely N-dealkylation sites (tertiary alicyclic amines) is 1. The van der Waals surface area contributed by atoms with Gasteiger partial charge in [-0.2, -0.15) is 13.2 Å². The van der Waals surface area contributed by atoms with Crippen LogP contribution in [0.15, 0.2) is 0 Å². The van der Waals surface area contributed by atoms with E-state index in [4.69, 9.17) is 5.11 Å². The molecule has 2 amide bonds. The van der Waals surface area contributed by atoms with Crippen molar-refractivity contribution < 1.29 is 32.7 Å². The number of hydrogen-bond donors (Lipinski definition) is 2. The first-order valence-electron chi connectivity index (χ1n) is 5.10. The maximum atomic E-state index is 11.9. The Bertz CT molecular complexity index is 369. The van der Waals surface area contributed by atoms with Gasteiger partial charge in [-0.1, -0.05) is 0 Å². The van der Waals surface area contributed by atoms with Crippen molar-refractivity contribution in [3.8, 4) is 0 Å². The maximum absolute atomic E-state index is 11.9. The smallest absolute Gasteiger partial charge is 0.471 e. The van der Waals surface area contributed by atoms with Crippen LogP contribution < -0.4 is 5.32 Å². The zero-order chi connectivity index (χ0) is 13.9. The number of carboxylic acids is 1. The van der Waals surface area contributed by atoms with E-state index in [1.54, 1.807) is 0 Å². The lowest BCUT2D eigenvalue weighted by atomic mass is 10.2. The van der Waals surface area contributed by atoms with Gasteiger partial charge in [0.15, 0.2) is 0 Å². The Hall–Kier alpha value is -1.80. The van der Waals surface area contributed by atoms with Gasteiger partial charge in [-0.05, 0) is 12.8 Å². The third-order valence-electron chi connectivity index (χ3n) is 2.52. The number of nitrogens with one attached hydrogen (secondary N) is 1. The Morgan fingerprint density at radius 2 is 1.94 bits per heavy atom. The van der Waals surface area contributed by atoms with E-state index >= 15 is 0 Å². The van der Waals surface area contributed by atoms with E-state index in [9.17, 15) is 27.6 Å². The fraction of sp³-hybridized carbons (Fsp3) is 0.667. The first kappa shape index (κ1) is 14.3. The lowest BCUT2D eigenvalue weighted by Crippen LogP contribution is -2.47. The molecule has 2 N–H and O–H groups in total. The van der Waals surface area contributed by atoms with Crippen LogP contribution in [0.2, 0.25) is 0 Å². The zero-order valence-corrected chi connectivity index (χ0v) is 9.16. The molecular formula is C9H11F3N2O4. The molecule has 18 heavy (non-hydrogen) atoms. The van der Waals surface area contributed by atoms with E-state index in [-0.39, 0.29) is 13.0 Å². The van der Waals surface area contributed by atoms with Gasteiger partial charge in [-0.15, -0.1) is 0 Å². The van der Waals surface area contributed by atoms with Gasteiger partial charge in [0.05, 0.1) is 6.54 Å². The molecule has 1 rings (SSSR count). The molecule has 0 radical (unpaired) electrons. The summed E-state index contributed by atoms with van der Waals surface area (Å²) in [5.74, 6) is -4.26. The lowest BCUT2D eigenvalue weighted by Gasteiger charge is -2.21. The number of hydrogen-bond acceptors (Lipinski definition) is 3. The molecule has 0 aromatic heterocycles. The monoisotopic (exact) mass is 268 g/mol. The van der Waals surface area contributed by atoms with E-state index in [1.807, 2.05) is 0 Å². The predicted molar refractivity (Wildman–Crippen MR) is 51.4 cm³/mol. The fourth-order valence-corrected chi connectivity index (χ4v) is 1.68. The molecule has 0 spiro atoms. The average molecular weight is 268 g/mol. The largest absolute Gasteiger partial charge is 0.480 e. The average Bonchev–Trinajstić information content (AvgIpc) is 2.72. The Morgan fingerprint density at radius 1 is 1.33 bits per heavy atom. The fourth-order valence-electron chi connectivity index (χ4n) is 1.68. The van der Waals surface area contributed by atoms with Crippen LogP contribution in [0.5, 0.6) is 0 Å². The molecule has 9 heteroatoms. The summed E-state index contributed by atoms with van der Waals surface area (Å²) in [6.07, 6.45) is -4.33. The van der Waals surface area contributed by atoms with Crippen molar-refractivity contribution in [2.75, 3.05) is 13.1 Å². The van der Waals surface area contributed by atoms with Gasteiger partial charge in [0.25, 0.3) is 0 Å². The maximum Gasteiger partial charge on any atom is 0.471 e. The molecule has 0 saturated carbocycles. The van der Waals surface area contributed by atoms with Crippen LogP contribution in [0.1, 0.15) is 12.8 Å². The van der Waals surface area contributed by atoms with E-state index in [0.29, 0.717) is 6.42 Å². The molecule has 0 aliphatic carbocycles. The standard InChI is InChI=1S/C9H11F3N2O4/c10-9(11,12)8(18)13-4-6(15)14-3-1-2-5(14)7(16)17/h5H,1-4H2,(H,13,18)(H,16,17). The van der Waals surface area contributed by atoms with E-state index in [2.05, 4.69) is 0 Å². The van der Waals surface area contributed by atoms with Gasteiger partial charge in [0, 0.05) is 6.54 Å². The zero-order valence-electron chi connectivity index (χ0n) is 9.16. The van der Waals surface area contributed by atoms with Crippen LogP contribution in [-0.2, 0) is 14.4 Å². The molecular weight excluding hydrogens is 257 g/mol. The van der Waals surface area contributed by atoms with E-state index in [0.717, 1.165) is 4.90 Å². The van der Waals surface area contributed by atoms with Crippen molar-refractivity contribution in [1.82, 2.24) is 10.2 Å². The van der Waals surface area contributed by atoms with Crippen molar-refractivity contribution in [3.05, 3.63) is 0 Å². The van der Waals surface area contributed by atoms with Crippen LogP contribution in [-0.4, -0.2) is 53.1 Å². The van der Waals surface area contributed by atoms with Gasteiger partial charge in [0.1, 0.15) is 6.04 Å². The van der Waals surface area contributed by atoms with Crippen molar-refractivity contribution >= 4 is 17.8 Å². The van der Waals surface area contributed by atoms with Crippen molar-refractivity contribution in [2.24, 2.45) is 0 Å². The molecule has 1 atom stereocenters. The van der Waals surface area contributed by atoms with Crippen LogP contribution in [0.4, 0.5) is 13.2 Å². The SMILES string of the molecule is O=C(O)C1CCCN1C(=O)CNC(=O)C(F)(F)F. The molecule has 1 aliphatic rings. The number of carboxylic acid groups (broad SMARTS) is 1. The van der Waals surface area contributed by atoms with Gasteiger partial charge in [-0.25, -0.2) is 4.79 Å². The van der Waals surface area contributed by atoms with Gasteiger partial charge >= 0.3 is 18.1 Å². The number of halogens is 3. The van der Waals surface area contributed by atoms with Crippen LogP contribution in [0.3, 0.4) is 0 Å². The molecule has 1 saturated heterocycles. The number of alkyl halides is 3. The third-order valence-corrected chi connectivity index (χ3v) is 2.52. The summed E-state index contributed by atoms with van der Waals surface area (Å²) in [5.41, 5.74) is 0. The molecule has 0 aromatic carbocycles. The van der Waals surface area contributed by atoms with E-state index < -0.39 is 36.5 Å². The van der Waals surface area contributed by atoms with Gasteiger partial charge in [-0.3, -0.25) is 9.59 Å².